The lowest BCUT2D eigenvalue weighted by Gasteiger charge is -2.08. The van der Waals surface area contributed by atoms with Crippen LogP contribution in [0.15, 0.2) is 77.2 Å². The average Bonchev–Trinajstić information content (AvgIpc) is 3.16. The van der Waals surface area contributed by atoms with Gasteiger partial charge in [-0.15, -0.1) is 0 Å². The molecule has 4 aromatic rings. The van der Waals surface area contributed by atoms with Crippen molar-refractivity contribution in [3.8, 4) is 5.75 Å². The smallest absolute Gasteiger partial charge is 0.273 e. The summed E-state index contributed by atoms with van der Waals surface area (Å²) in [5, 5.41) is 14.0. The Hall–Kier alpha value is -4.53. The lowest BCUT2D eigenvalue weighted by Crippen LogP contribution is -2.21. The number of hydrogen-bond donors (Lipinski definition) is 1. The zero-order chi connectivity index (χ0) is 22.7. The zero-order valence-electron chi connectivity index (χ0n) is 16.4. The third-order valence-corrected chi connectivity index (χ3v) is 4.57. The first-order chi connectivity index (χ1) is 15.4. The summed E-state index contributed by atoms with van der Waals surface area (Å²) in [5.41, 5.74) is 0.556. The van der Waals surface area contributed by atoms with Crippen LogP contribution in [-0.4, -0.2) is 23.2 Å². The van der Waals surface area contributed by atoms with Crippen LogP contribution in [0, 0.1) is 15.9 Å². The highest BCUT2D eigenvalue weighted by Gasteiger charge is 2.23. The number of nitrogens with one attached hydrogen (secondary N) is 1. The number of carbonyl (C=O) groups excluding carboxylic acids is 2. The number of nitrogens with zero attached hydrogens (tertiary/aromatic N) is 1. The number of para-hydroxylation sites is 1. The molecule has 32 heavy (non-hydrogen) atoms. The molecule has 0 spiro atoms. The van der Waals surface area contributed by atoms with Crippen molar-refractivity contribution in [2.45, 2.75) is 0 Å². The van der Waals surface area contributed by atoms with Crippen LogP contribution in [0.5, 0.6) is 5.75 Å². The molecular weight excluding hydrogens is 419 g/mol. The molecule has 9 heteroatoms. The Morgan fingerprint density at radius 2 is 1.78 bits per heavy atom. The van der Waals surface area contributed by atoms with Crippen molar-refractivity contribution in [1.82, 2.24) is 0 Å². The number of rotatable bonds is 7. The summed E-state index contributed by atoms with van der Waals surface area (Å²) in [6.45, 7) is -0.454. The van der Waals surface area contributed by atoms with Crippen LogP contribution in [0.4, 0.5) is 15.8 Å². The molecule has 8 nitrogen and oxygen atoms in total. The van der Waals surface area contributed by atoms with E-state index in [1.807, 2.05) is 0 Å². The first kappa shape index (κ1) is 20.7. The monoisotopic (exact) mass is 434 g/mol. The summed E-state index contributed by atoms with van der Waals surface area (Å²) in [5.74, 6) is -1.58. The average molecular weight is 434 g/mol. The minimum Gasteiger partial charge on any atom is -0.484 e. The lowest BCUT2D eigenvalue weighted by atomic mass is 10.1. The number of carbonyl (C=O) groups is 2. The minimum atomic E-state index is -0.601. The molecule has 0 aliphatic carbocycles. The summed E-state index contributed by atoms with van der Waals surface area (Å²) in [4.78, 5) is 35.8. The Kier molecular flexibility index (Phi) is 5.63. The molecule has 0 atom stereocenters. The number of amides is 1. The maximum Gasteiger partial charge on any atom is 0.273 e. The SMILES string of the molecule is O=C(COc1cccc([N+](=O)[O-])c1)Nc1c(C(=O)c2ccc(F)cc2)oc2ccccc12. The first-order valence-electron chi connectivity index (χ1n) is 9.41. The highest BCUT2D eigenvalue weighted by molar-refractivity contribution is 6.17. The number of non-ortho nitro benzene ring substituents is 1. The fourth-order valence-corrected chi connectivity index (χ4v) is 3.07. The van der Waals surface area contributed by atoms with Crippen molar-refractivity contribution in [2.24, 2.45) is 0 Å². The van der Waals surface area contributed by atoms with Crippen LogP contribution < -0.4 is 10.1 Å². The second-order valence-electron chi connectivity index (χ2n) is 6.73. The second kappa shape index (κ2) is 8.68. The molecule has 0 fully saturated rings. The third-order valence-electron chi connectivity index (χ3n) is 4.57. The molecule has 0 bridgehead atoms. The molecule has 4 rings (SSSR count). The highest BCUT2D eigenvalue weighted by atomic mass is 19.1. The predicted molar refractivity (Wildman–Crippen MR) is 113 cm³/mol. The van der Waals surface area contributed by atoms with Crippen molar-refractivity contribution in [2.75, 3.05) is 11.9 Å². The Morgan fingerprint density at radius 3 is 2.53 bits per heavy atom. The molecule has 3 aromatic carbocycles. The Morgan fingerprint density at radius 1 is 1.03 bits per heavy atom. The van der Waals surface area contributed by atoms with E-state index in [1.165, 1.54) is 36.4 Å². The molecule has 1 heterocycles. The quantitative estimate of drug-likeness (QED) is 0.256. The Bertz CT molecular complexity index is 1330. The van der Waals surface area contributed by atoms with Crippen molar-refractivity contribution < 1.29 is 28.1 Å². The lowest BCUT2D eigenvalue weighted by molar-refractivity contribution is -0.384. The van der Waals surface area contributed by atoms with Gasteiger partial charge in [0.15, 0.2) is 12.4 Å². The number of hydrogen-bond acceptors (Lipinski definition) is 6. The number of ether oxygens (including phenoxy) is 1. The Balaban J connectivity index is 1.58. The summed E-state index contributed by atoms with van der Waals surface area (Å²) in [7, 11) is 0. The van der Waals surface area contributed by atoms with Gasteiger partial charge in [0.1, 0.15) is 17.1 Å². The van der Waals surface area contributed by atoms with Gasteiger partial charge in [-0.05, 0) is 42.5 Å². The van der Waals surface area contributed by atoms with E-state index in [2.05, 4.69) is 5.32 Å². The minimum absolute atomic E-state index is 0.110. The molecule has 0 aliphatic heterocycles. The van der Waals surface area contributed by atoms with Gasteiger partial charge in [0.25, 0.3) is 11.6 Å². The van der Waals surface area contributed by atoms with Crippen LogP contribution in [0.2, 0.25) is 0 Å². The molecule has 1 amide bonds. The largest absolute Gasteiger partial charge is 0.484 e. The van der Waals surface area contributed by atoms with E-state index >= 15 is 0 Å². The van der Waals surface area contributed by atoms with Gasteiger partial charge in [-0.25, -0.2) is 4.39 Å². The number of benzene rings is 3. The zero-order valence-corrected chi connectivity index (χ0v) is 16.4. The summed E-state index contributed by atoms with van der Waals surface area (Å²) >= 11 is 0. The van der Waals surface area contributed by atoms with E-state index in [9.17, 15) is 24.1 Å². The maximum absolute atomic E-state index is 13.2. The van der Waals surface area contributed by atoms with E-state index in [1.54, 1.807) is 24.3 Å². The molecular formula is C23H15FN2O6. The van der Waals surface area contributed by atoms with Gasteiger partial charge in [-0.3, -0.25) is 19.7 Å². The molecule has 160 valence electrons. The summed E-state index contributed by atoms with van der Waals surface area (Å²) in [6, 6.07) is 17.1. The second-order valence-corrected chi connectivity index (χ2v) is 6.73. The molecule has 0 unspecified atom stereocenters. The van der Waals surface area contributed by atoms with Gasteiger partial charge in [0.2, 0.25) is 5.78 Å². The number of fused-ring (bicyclic) bond motifs is 1. The van der Waals surface area contributed by atoms with Gasteiger partial charge in [-0.2, -0.15) is 0 Å². The number of halogens is 1. The fraction of sp³-hybridized carbons (Fsp3) is 0.0435. The van der Waals surface area contributed by atoms with E-state index in [0.717, 1.165) is 12.1 Å². The van der Waals surface area contributed by atoms with Crippen LogP contribution in [0.3, 0.4) is 0 Å². The third kappa shape index (κ3) is 4.31. The molecule has 0 radical (unpaired) electrons. The molecule has 1 N–H and O–H groups in total. The van der Waals surface area contributed by atoms with Crippen LogP contribution in [0.1, 0.15) is 16.1 Å². The van der Waals surface area contributed by atoms with Crippen molar-refractivity contribution in [3.63, 3.8) is 0 Å². The van der Waals surface area contributed by atoms with Crippen LogP contribution in [-0.2, 0) is 4.79 Å². The first-order valence-corrected chi connectivity index (χ1v) is 9.41. The molecule has 0 saturated carbocycles. The fourth-order valence-electron chi connectivity index (χ4n) is 3.07. The predicted octanol–water partition coefficient (Wildman–Crippen LogP) is 4.73. The number of ketones is 1. The number of furan rings is 1. The molecule has 0 saturated heterocycles. The van der Waals surface area contributed by atoms with E-state index in [-0.39, 0.29) is 28.4 Å². The van der Waals surface area contributed by atoms with Crippen molar-refractivity contribution >= 4 is 34.0 Å². The van der Waals surface area contributed by atoms with Crippen LogP contribution >= 0.6 is 0 Å². The normalized spacial score (nSPS) is 10.7. The maximum atomic E-state index is 13.2. The van der Waals surface area contributed by atoms with Crippen molar-refractivity contribution in [3.05, 3.63) is 100 Å². The summed E-state index contributed by atoms with van der Waals surface area (Å²) < 4.78 is 24.2. The summed E-state index contributed by atoms with van der Waals surface area (Å²) in [6.07, 6.45) is 0. The van der Waals surface area contributed by atoms with Crippen LogP contribution in [0.25, 0.3) is 11.0 Å². The van der Waals surface area contributed by atoms with E-state index < -0.39 is 29.0 Å². The Labute approximate surface area is 180 Å². The highest BCUT2D eigenvalue weighted by Crippen LogP contribution is 2.32. The van der Waals surface area contributed by atoms with Crippen molar-refractivity contribution in [1.29, 1.82) is 0 Å². The van der Waals surface area contributed by atoms with Gasteiger partial charge >= 0.3 is 0 Å². The number of anilines is 1. The molecule has 1 aromatic heterocycles. The number of nitro groups is 1. The van der Waals surface area contributed by atoms with Gasteiger partial charge in [0, 0.05) is 17.0 Å². The van der Waals surface area contributed by atoms with Gasteiger partial charge < -0.3 is 14.5 Å². The van der Waals surface area contributed by atoms with E-state index in [4.69, 9.17) is 9.15 Å². The topological polar surface area (TPSA) is 112 Å². The van der Waals surface area contributed by atoms with Gasteiger partial charge in [-0.1, -0.05) is 18.2 Å². The van der Waals surface area contributed by atoms with E-state index in [0.29, 0.717) is 11.0 Å². The number of nitro benzene ring substituents is 1. The standard InChI is InChI=1S/C23H15FN2O6/c24-15-10-8-14(9-11-15)22(28)23-21(18-6-1-2-7-19(18)32-23)25-20(27)13-31-17-5-3-4-16(12-17)26(29)30/h1-12H,13H2,(H,25,27). The molecule has 0 aliphatic rings. The van der Waals surface area contributed by atoms with Gasteiger partial charge in [0.05, 0.1) is 16.7 Å².